The van der Waals surface area contributed by atoms with E-state index in [2.05, 4.69) is 30.7 Å². The van der Waals surface area contributed by atoms with Crippen molar-refractivity contribution < 1.29 is 13.9 Å². The summed E-state index contributed by atoms with van der Waals surface area (Å²) in [7, 11) is 1.23. The van der Waals surface area contributed by atoms with Crippen molar-refractivity contribution in [2.24, 2.45) is 0 Å². The van der Waals surface area contributed by atoms with Crippen LogP contribution in [0.25, 0.3) is 5.65 Å². The van der Waals surface area contributed by atoms with Crippen LogP contribution in [-0.2, 0) is 4.74 Å². The Bertz CT molecular complexity index is 501. The number of esters is 1. The first kappa shape index (κ1) is 10.0. The summed E-state index contributed by atoms with van der Waals surface area (Å²) in [5.41, 5.74) is 0.246. The zero-order valence-electron chi connectivity index (χ0n) is 7.57. The van der Waals surface area contributed by atoms with E-state index in [-0.39, 0.29) is 15.9 Å². The van der Waals surface area contributed by atoms with Crippen LogP contribution in [0.5, 0.6) is 0 Å². The minimum absolute atomic E-state index is 0.102. The van der Waals surface area contributed by atoms with Gasteiger partial charge in [-0.1, -0.05) is 0 Å². The molecule has 5 nitrogen and oxygen atoms in total. The SMILES string of the molecule is COC(=O)c1nc2cc(F)c(Br)cn2n1. The van der Waals surface area contributed by atoms with Gasteiger partial charge in [0.05, 0.1) is 11.6 Å². The number of ether oxygens (including phenoxy) is 1. The number of rotatable bonds is 1. The van der Waals surface area contributed by atoms with Crippen LogP contribution in [0.1, 0.15) is 10.6 Å². The van der Waals surface area contributed by atoms with Crippen molar-refractivity contribution in [1.29, 1.82) is 0 Å². The number of methoxy groups -OCH3 is 1. The quantitative estimate of drug-likeness (QED) is 0.738. The van der Waals surface area contributed by atoms with Gasteiger partial charge in [0, 0.05) is 12.3 Å². The monoisotopic (exact) mass is 273 g/mol. The molecule has 0 aliphatic carbocycles. The molecular weight excluding hydrogens is 269 g/mol. The second-order valence-corrected chi connectivity index (χ2v) is 3.55. The molecule has 0 radical (unpaired) electrons. The van der Waals surface area contributed by atoms with Gasteiger partial charge in [0.1, 0.15) is 5.82 Å². The van der Waals surface area contributed by atoms with Crippen LogP contribution in [0.3, 0.4) is 0 Å². The lowest BCUT2D eigenvalue weighted by molar-refractivity contribution is 0.0587. The first-order valence-electron chi connectivity index (χ1n) is 3.91. The standard InChI is InChI=1S/C8H5BrFN3O2/c1-15-8(14)7-11-6-2-5(10)4(9)3-13(6)12-7/h2-3H,1H3. The van der Waals surface area contributed by atoms with Crippen molar-refractivity contribution in [1.82, 2.24) is 14.6 Å². The zero-order valence-corrected chi connectivity index (χ0v) is 9.15. The Balaban J connectivity index is 2.61. The number of fused-ring (bicyclic) bond motifs is 1. The van der Waals surface area contributed by atoms with Gasteiger partial charge in [-0.25, -0.2) is 18.7 Å². The molecule has 0 unspecified atom stereocenters. The molecule has 0 spiro atoms. The summed E-state index contributed by atoms with van der Waals surface area (Å²) in [6, 6.07) is 1.17. The lowest BCUT2D eigenvalue weighted by atomic mass is 10.4. The molecule has 7 heteroatoms. The molecule has 2 rings (SSSR count). The Morgan fingerprint density at radius 1 is 1.67 bits per heavy atom. The summed E-state index contributed by atoms with van der Waals surface area (Å²) in [6.07, 6.45) is 1.38. The van der Waals surface area contributed by atoms with Crippen LogP contribution in [0.4, 0.5) is 4.39 Å². The van der Waals surface area contributed by atoms with Gasteiger partial charge in [0.25, 0.3) is 5.82 Å². The fraction of sp³-hybridized carbons (Fsp3) is 0.125. The van der Waals surface area contributed by atoms with Crippen LogP contribution in [0.15, 0.2) is 16.7 Å². The van der Waals surface area contributed by atoms with Crippen LogP contribution < -0.4 is 0 Å². The van der Waals surface area contributed by atoms with Gasteiger partial charge in [-0.15, -0.1) is 5.10 Å². The van der Waals surface area contributed by atoms with Gasteiger partial charge < -0.3 is 4.74 Å². The number of nitrogens with zero attached hydrogens (tertiary/aromatic N) is 3. The second-order valence-electron chi connectivity index (χ2n) is 2.70. The van der Waals surface area contributed by atoms with Crippen molar-refractivity contribution in [2.75, 3.05) is 7.11 Å². The third kappa shape index (κ3) is 1.70. The number of aromatic nitrogens is 3. The number of hydrogen-bond donors (Lipinski definition) is 0. The van der Waals surface area contributed by atoms with Crippen LogP contribution in [0.2, 0.25) is 0 Å². The first-order valence-corrected chi connectivity index (χ1v) is 4.71. The number of hydrogen-bond acceptors (Lipinski definition) is 4. The molecule has 0 aliphatic heterocycles. The third-order valence-electron chi connectivity index (χ3n) is 1.75. The highest BCUT2D eigenvalue weighted by Crippen LogP contribution is 2.16. The summed E-state index contributed by atoms with van der Waals surface area (Å²) in [5, 5.41) is 3.82. The minimum atomic E-state index is -0.657. The van der Waals surface area contributed by atoms with Crippen molar-refractivity contribution in [3.8, 4) is 0 Å². The normalized spacial score (nSPS) is 10.6. The Labute approximate surface area is 92.0 Å². The smallest absolute Gasteiger partial charge is 0.377 e. The maximum atomic E-state index is 13.1. The van der Waals surface area contributed by atoms with Crippen molar-refractivity contribution in [2.45, 2.75) is 0 Å². The Kier molecular flexibility index (Phi) is 2.39. The predicted octanol–water partition coefficient (Wildman–Crippen LogP) is 1.42. The molecule has 2 heterocycles. The topological polar surface area (TPSA) is 56.5 Å². The maximum absolute atomic E-state index is 13.1. The van der Waals surface area contributed by atoms with Crippen LogP contribution in [-0.4, -0.2) is 27.7 Å². The largest absolute Gasteiger partial charge is 0.463 e. The molecule has 0 saturated carbocycles. The Hall–Kier alpha value is -1.50. The highest BCUT2D eigenvalue weighted by molar-refractivity contribution is 9.10. The molecule has 2 aromatic heterocycles. The fourth-order valence-electron chi connectivity index (χ4n) is 1.06. The van der Waals surface area contributed by atoms with Crippen LogP contribution in [0, 0.1) is 5.82 Å². The van der Waals surface area contributed by atoms with Gasteiger partial charge in [-0.2, -0.15) is 0 Å². The summed E-state index contributed by atoms with van der Waals surface area (Å²) < 4.78 is 19.1. The number of carbonyl (C=O) groups excluding carboxylic acids is 1. The number of pyridine rings is 1. The molecule has 0 N–H and O–H groups in total. The van der Waals surface area contributed by atoms with E-state index in [4.69, 9.17) is 0 Å². The molecule has 0 aliphatic rings. The maximum Gasteiger partial charge on any atom is 0.377 e. The van der Waals surface area contributed by atoms with E-state index >= 15 is 0 Å². The Morgan fingerprint density at radius 3 is 3.07 bits per heavy atom. The molecule has 0 saturated heterocycles. The predicted molar refractivity (Wildman–Crippen MR) is 52.0 cm³/mol. The van der Waals surface area contributed by atoms with Gasteiger partial charge in [-0.05, 0) is 15.9 Å². The Morgan fingerprint density at radius 2 is 2.40 bits per heavy atom. The average molecular weight is 274 g/mol. The van der Waals surface area contributed by atoms with E-state index in [1.165, 1.54) is 23.9 Å². The lowest BCUT2D eigenvalue weighted by Gasteiger charge is -1.93. The number of halogens is 2. The van der Waals surface area contributed by atoms with Crippen molar-refractivity contribution in [3.05, 3.63) is 28.4 Å². The van der Waals surface area contributed by atoms with E-state index in [1.807, 2.05) is 0 Å². The van der Waals surface area contributed by atoms with E-state index in [1.54, 1.807) is 0 Å². The molecule has 0 aromatic carbocycles. The van der Waals surface area contributed by atoms with Gasteiger partial charge in [0.2, 0.25) is 0 Å². The van der Waals surface area contributed by atoms with E-state index in [0.29, 0.717) is 0 Å². The van der Waals surface area contributed by atoms with Crippen molar-refractivity contribution in [3.63, 3.8) is 0 Å². The van der Waals surface area contributed by atoms with Crippen LogP contribution >= 0.6 is 15.9 Å². The summed E-state index contributed by atoms with van der Waals surface area (Å²) in [5.74, 6) is -1.23. The summed E-state index contributed by atoms with van der Waals surface area (Å²) in [4.78, 5) is 14.9. The van der Waals surface area contributed by atoms with Gasteiger partial charge in [0.15, 0.2) is 5.65 Å². The summed E-state index contributed by atoms with van der Waals surface area (Å²) in [6.45, 7) is 0. The van der Waals surface area contributed by atoms with Crippen molar-refractivity contribution >= 4 is 27.5 Å². The molecule has 0 atom stereocenters. The van der Waals surface area contributed by atoms with Gasteiger partial charge >= 0.3 is 5.97 Å². The molecular formula is C8H5BrFN3O2. The molecule has 2 aromatic rings. The second kappa shape index (κ2) is 3.58. The fourth-order valence-corrected chi connectivity index (χ4v) is 1.37. The summed E-state index contributed by atoms with van der Waals surface area (Å²) >= 11 is 3.00. The molecule has 0 fully saturated rings. The molecule has 0 amide bonds. The molecule has 78 valence electrons. The average Bonchev–Trinajstić information content (AvgIpc) is 2.60. The number of carbonyl (C=O) groups is 1. The van der Waals surface area contributed by atoms with E-state index in [9.17, 15) is 9.18 Å². The van der Waals surface area contributed by atoms with E-state index < -0.39 is 11.8 Å². The molecule has 0 bridgehead atoms. The van der Waals surface area contributed by atoms with E-state index in [0.717, 1.165) is 0 Å². The van der Waals surface area contributed by atoms with Gasteiger partial charge in [-0.3, -0.25) is 0 Å². The third-order valence-corrected chi connectivity index (χ3v) is 2.33. The zero-order chi connectivity index (χ0) is 11.0. The highest BCUT2D eigenvalue weighted by Gasteiger charge is 2.14. The molecule has 15 heavy (non-hydrogen) atoms. The lowest BCUT2D eigenvalue weighted by Crippen LogP contribution is -2.03. The first-order chi connectivity index (χ1) is 7.11. The minimum Gasteiger partial charge on any atom is -0.463 e. The highest BCUT2D eigenvalue weighted by atomic mass is 79.9.